The third-order valence-corrected chi connectivity index (χ3v) is 5.67. The molecule has 0 amide bonds. The van der Waals surface area contributed by atoms with E-state index in [1.165, 1.54) is 0 Å². The lowest BCUT2D eigenvalue weighted by Crippen LogP contribution is -2.35. The highest BCUT2D eigenvalue weighted by Gasteiger charge is 2.42. The summed E-state index contributed by atoms with van der Waals surface area (Å²) < 4.78 is 35.6. The Morgan fingerprint density at radius 1 is 1.23 bits per heavy atom. The Hall–Kier alpha value is -3.11. The molecule has 1 aliphatic carbocycles. The number of rotatable bonds is 6. The van der Waals surface area contributed by atoms with Gasteiger partial charge in [-0.25, -0.2) is 4.99 Å². The van der Waals surface area contributed by atoms with Crippen molar-refractivity contribution in [2.75, 3.05) is 27.3 Å². The summed E-state index contributed by atoms with van der Waals surface area (Å²) in [5.74, 6) is 6.96. The Kier molecular flexibility index (Phi) is 5.84. The lowest BCUT2D eigenvalue weighted by molar-refractivity contribution is -0.0504. The summed E-state index contributed by atoms with van der Waals surface area (Å²) in [7, 11) is 3.49. The highest BCUT2D eigenvalue weighted by atomic mass is 19.3. The van der Waals surface area contributed by atoms with Crippen LogP contribution in [0.25, 0.3) is 0 Å². The van der Waals surface area contributed by atoms with Crippen molar-refractivity contribution >= 4 is 5.96 Å². The van der Waals surface area contributed by atoms with Gasteiger partial charge in [-0.05, 0) is 59.7 Å². The Morgan fingerprint density at radius 3 is 2.65 bits per heavy atom. The first-order chi connectivity index (χ1) is 14.9. The van der Waals surface area contributed by atoms with Crippen LogP contribution in [0.4, 0.5) is 8.78 Å². The predicted molar refractivity (Wildman–Crippen MR) is 115 cm³/mol. The van der Waals surface area contributed by atoms with Crippen LogP contribution in [0.15, 0.2) is 47.5 Å². The largest absolute Gasteiger partial charge is 0.435 e. The summed E-state index contributed by atoms with van der Waals surface area (Å²) in [6.45, 7) is -1.97. The normalized spacial score (nSPS) is 20.4. The number of hydrogen-bond acceptors (Lipinski definition) is 5. The smallest absolute Gasteiger partial charge is 0.387 e. The van der Waals surface area contributed by atoms with Crippen LogP contribution in [-0.4, -0.2) is 44.8 Å². The molecule has 1 unspecified atom stereocenters. The van der Waals surface area contributed by atoms with Gasteiger partial charge in [0.2, 0.25) is 0 Å². The van der Waals surface area contributed by atoms with Crippen LogP contribution in [0.2, 0.25) is 0 Å². The Bertz CT molecular complexity index is 1060. The summed E-state index contributed by atoms with van der Waals surface area (Å²) >= 11 is 0. The van der Waals surface area contributed by atoms with E-state index in [0.29, 0.717) is 19.1 Å². The predicted octanol–water partition coefficient (Wildman–Crippen LogP) is 3.67. The van der Waals surface area contributed by atoms with Crippen molar-refractivity contribution in [3.05, 3.63) is 64.7 Å². The first-order valence-electron chi connectivity index (χ1n) is 10.2. The molecule has 1 atom stereocenters. The van der Waals surface area contributed by atoms with E-state index in [1.54, 1.807) is 13.2 Å². The van der Waals surface area contributed by atoms with Gasteiger partial charge < -0.3 is 20.1 Å². The zero-order valence-corrected chi connectivity index (χ0v) is 17.6. The van der Waals surface area contributed by atoms with Crippen LogP contribution in [0.5, 0.6) is 5.75 Å². The summed E-state index contributed by atoms with van der Waals surface area (Å²) in [5, 5.41) is 0. The molecule has 0 radical (unpaired) electrons. The zero-order chi connectivity index (χ0) is 22.0. The summed E-state index contributed by atoms with van der Waals surface area (Å²) in [6, 6.07) is 13.3. The van der Waals surface area contributed by atoms with Crippen molar-refractivity contribution in [3.8, 4) is 17.6 Å². The lowest BCUT2D eigenvalue weighted by atomic mass is 9.82. The minimum absolute atomic E-state index is 0.234. The van der Waals surface area contributed by atoms with Crippen molar-refractivity contribution in [1.82, 2.24) is 4.90 Å². The number of nitrogens with zero attached hydrogens (tertiary/aromatic N) is 2. The van der Waals surface area contributed by atoms with E-state index in [-0.39, 0.29) is 11.7 Å². The molecular formula is C24H25F2N3O2. The fraction of sp³-hybridized carbons (Fsp3) is 0.375. The molecule has 0 saturated heterocycles. The van der Waals surface area contributed by atoms with Gasteiger partial charge in [-0.15, -0.1) is 0 Å². The third kappa shape index (κ3) is 4.35. The molecule has 1 saturated carbocycles. The standard InChI is InChI=1S/C24H25F2N3O2/c1-29-15-24(28-23(29)27,18-7-3-5-16(13-18)6-4-12-30-2)19-10-11-21(31-22(25)26)20(14-19)17-8-9-17/h3,5,7,10-11,13-14,17,22H,8-9,12,15H2,1-2H3,(H2,27,28). The van der Waals surface area contributed by atoms with Gasteiger partial charge in [0.25, 0.3) is 0 Å². The van der Waals surface area contributed by atoms with Crippen LogP contribution >= 0.6 is 0 Å². The van der Waals surface area contributed by atoms with Gasteiger partial charge in [0.15, 0.2) is 5.96 Å². The maximum absolute atomic E-state index is 12.9. The highest BCUT2D eigenvalue weighted by molar-refractivity contribution is 5.81. The number of methoxy groups -OCH3 is 1. The molecule has 1 fully saturated rings. The van der Waals surface area contributed by atoms with Gasteiger partial charge >= 0.3 is 6.61 Å². The molecule has 0 spiro atoms. The lowest BCUT2D eigenvalue weighted by Gasteiger charge is -2.29. The number of halogens is 2. The van der Waals surface area contributed by atoms with Crippen LogP contribution in [0, 0.1) is 11.8 Å². The quantitative estimate of drug-likeness (QED) is 0.718. The van der Waals surface area contributed by atoms with E-state index in [2.05, 4.69) is 11.8 Å². The van der Waals surface area contributed by atoms with E-state index in [4.69, 9.17) is 20.2 Å². The van der Waals surface area contributed by atoms with Gasteiger partial charge in [0.1, 0.15) is 17.9 Å². The second kappa shape index (κ2) is 8.56. The molecule has 2 N–H and O–H groups in total. The molecule has 2 aromatic rings. The maximum atomic E-state index is 12.9. The first kappa shape index (κ1) is 21.1. The van der Waals surface area contributed by atoms with Crippen molar-refractivity contribution in [3.63, 3.8) is 0 Å². The van der Waals surface area contributed by atoms with E-state index in [1.807, 2.05) is 48.3 Å². The van der Waals surface area contributed by atoms with Crippen molar-refractivity contribution < 1.29 is 18.3 Å². The average Bonchev–Trinajstić information content (AvgIpc) is 3.54. The van der Waals surface area contributed by atoms with Gasteiger partial charge in [0.05, 0.1) is 6.54 Å². The van der Waals surface area contributed by atoms with Crippen molar-refractivity contribution in [1.29, 1.82) is 0 Å². The third-order valence-electron chi connectivity index (χ3n) is 5.67. The van der Waals surface area contributed by atoms with E-state index in [0.717, 1.165) is 35.1 Å². The number of ether oxygens (including phenoxy) is 2. The van der Waals surface area contributed by atoms with Gasteiger partial charge in [0, 0.05) is 19.7 Å². The monoisotopic (exact) mass is 425 g/mol. The Balaban J connectivity index is 1.81. The van der Waals surface area contributed by atoms with Gasteiger partial charge in [-0.1, -0.05) is 30.0 Å². The highest BCUT2D eigenvalue weighted by Crippen LogP contribution is 2.47. The van der Waals surface area contributed by atoms with Crippen LogP contribution < -0.4 is 10.5 Å². The van der Waals surface area contributed by atoms with E-state index < -0.39 is 12.2 Å². The van der Waals surface area contributed by atoms with Gasteiger partial charge in [-0.3, -0.25) is 0 Å². The number of likely N-dealkylation sites (N-methyl/N-ethyl adjacent to an activating group) is 1. The van der Waals surface area contributed by atoms with Gasteiger partial charge in [-0.2, -0.15) is 8.78 Å². The fourth-order valence-electron chi connectivity index (χ4n) is 4.01. The Labute approximate surface area is 180 Å². The van der Waals surface area contributed by atoms with Crippen LogP contribution in [0.3, 0.4) is 0 Å². The second-order valence-corrected chi connectivity index (χ2v) is 7.91. The van der Waals surface area contributed by atoms with Crippen LogP contribution in [0.1, 0.15) is 41.0 Å². The number of guanidine groups is 1. The topological polar surface area (TPSA) is 60.1 Å². The molecule has 0 bridgehead atoms. The number of nitrogens with two attached hydrogens (primary N) is 1. The number of benzene rings is 2. The first-order valence-corrected chi connectivity index (χ1v) is 10.2. The summed E-state index contributed by atoms with van der Waals surface area (Å²) in [5.41, 5.74) is 8.90. The minimum Gasteiger partial charge on any atom is -0.435 e. The van der Waals surface area contributed by atoms with E-state index in [9.17, 15) is 8.78 Å². The number of hydrogen-bond donors (Lipinski definition) is 1. The molecule has 1 heterocycles. The molecule has 2 aliphatic rings. The molecular weight excluding hydrogens is 400 g/mol. The molecule has 2 aromatic carbocycles. The average molecular weight is 425 g/mol. The molecule has 1 aliphatic heterocycles. The summed E-state index contributed by atoms with van der Waals surface area (Å²) in [6.07, 6.45) is 1.93. The van der Waals surface area contributed by atoms with E-state index >= 15 is 0 Å². The molecule has 162 valence electrons. The maximum Gasteiger partial charge on any atom is 0.387 e. The fourth-order valence-corrected chi connectivity index (χ4v) is 4.01. The number of alkyl halides is 2. The number of aliphatic imine (C=N–C) groups is 1. The zero-order valence-electron chi connectivity index (χ0n) is 17.6. The molecule has 4 rings (SSSR count). The summed E-state index contributed by atoms with van der Waals surface area (Å²) in [4.78, 5) is 6.74. The molecule has 31 heavy (non-hydrogen) atoms. The minimum atomic E-state index is -2.86. The second-order valence-electron chi connectivity index (χ2n) is 7.91. The van der Waals surface area contributed by atoms with Crippen LogP contribution in [-0.2, 0) is 10.3 Å². The molecule has 7 heteroatoms. The van der Waals surface area contributed by atoms with Crippen molar-refractivity contribution in [2.24, 2.45) is 10.7 Å². The molecule has 5 nitrogen and oxygen atoms in total. The van der Waals surface area contributed by atoms with Crippen molar-refractivity contribution in [2.45, 2.75) is 30.9 Å². The molecule has 0 aromatic heterocycles. The SMILES string of the molecule is COCC#Cc1cccc(C2(c3ccc(OC(F)F)c(C4CC4)c3)CN(C)C(N)=N2)c1. The Morgan fingerprint density at radius 2 is 2.00 bits per heavy atom.